The van der Waals surface area contributed by atoms with E-state index in [2.05, 4.69) is 20.9 Å². The molecule has 0 radical (unpaired) electrons. The largest absolute Gasteiger partial charge is 0.466 e. The number of amides is 3. The summed E-state index contributed by atoms with van der Waals surface area (Å²) in [5.41, 5.74) is 1.86. The normalized spacial score (nSPS) is 11.8. The van der Waals surface area contributed by atoms with Crippen molar-refractivity contribution in [1.82, 2.24) is 10.3 Å². The molecule has 3 amide bonds. The summed E-state index contributed by atoms with van der Waals surface area (Å²) in [6.45, 7) is 3.77. The van der Waals surface area contributed by atoms with Gasteiger partial charge in [0.2, 0.25) is 5.91 Å². The highest BCUT2D eigenvalue weighted by Gasteiger charge is 2.18. The average molecular weight is 633 g/mol. The molecule has 3 aromatic carbocycles. The molecule has 12 heteroatoms. The third kappa shape index (κ3) is 9.61. The van der Waals surface area contributed by atoms with Crippen molar-refractivity contribution >= 4 is 63.7 Å². The second-order valence-corrected chi connectivity index (χ2v) is 11.6. The molecule has 9 nitrogen and oxygen atoms in total. The lowest BCUT2D eigenvalue weighted by Crippen LogP contribution is -2.30. The Labute approximate surface area is 261 Å². The molecule has 0 bridgehead atoms. The summed E-state index contributed by atoms with van der Waals surface area (Å²) in [6.07, 6.45) is 1.50. The van der Waals surface area contributed by atoms with Gasteiger partial charge in [0.05, 0.1) is 24.0 Å². The van der Waals surface area contributed by atoms with Gasteiger partial charge >= 0.3 is 5.97 Å². The van der Waals surface area contributed by atoms with Crippen LogP contribution in [0.4, 0.5) is 15.2 Å². The van der Waals surface area contributed by atoms with E-state index in [4.69, 9.17) is 4.74 Å². The predicted octanol–water partition coefficient (Wildman–Crippen LogP) is 5.92. The number of anilines is 2. The molecule has 0 saturated heterocycles. The number of rotatable bonds is 12. The fourth-order valence-electron chi connectivity index (χ4n) is 3.75. The van der Waals surface area contributed by atoms with Crippen molar-refractivity contribution in [2.24, 2.45) is 0 Å². The number of nitrogens with zero attached hydrogens (tertiary/aromatic N) is 1. The Bertz CT molecular complexity index is 1640. The van der Waals surface area contributed by atoms with Gasteiger partial charge in [-0.15, -0.1) is 23.1 Å². The zero-order valence-corrected chi connectivity index (χ0v) is 25.5. The minimum absolute atomic E-state index is 0.0261. The van der Waals surface area contributed by atoms with Gasteiger partial charge in [0.15, 0.2) is 5.13 Å². The second kappa shape index (κ2) is 15.6. The second-order valence-electron chi connectivity index (χ2n) is 9.28. The monoisotopic (exact) mass is 632 g/mol. The number of carbonyl (C=O) groups is 4. The van der Waals surface area contributed by atoms with Gasteiger partial charge in [-0.3, -0.25) is 19.2 Å². The fourth-order valence-corrected chi connectivity index (χ4v) is 5.33. The average Bonchev–Trinajstić information content (AvgIpc) is 3.45. The van der Waals surface area contributed by atoms with E-state index < -0.39 is 22.9 Å². The topological polar surface area (TPSA) is 126 Å². The van der Waals surface area contributed by atoms with E-state index in [0.717, 1.165) is 4.90 Å². The number of ether oxygens (including phenoxy) is 1. The summed E-state index contributed by atoms with van der Waals surface area (Å²) in [7, 11) is 0. The molecule has 1 atom stereocenters. The highest BCUT2D eigenvalue weighted by molar-refractivity contribution is 8.00. The maximum atomic E-state index is 13.4. The SMILES string of the molecule is CCOC(=O)Cc1csc(NC(=O)C(C)Sc2ccc(NC(=O)/C(=C/c3ccc(F)cc3)NC(=O)c3ccccc3)cc2)n1. The molecular formula is C32H29FN4O5S2. The molecule has 3 N–H and O–H groups in total. The van der Waals surface area contributed by atoms with Crippen molar-refractivity contribution in [1.29, 1.82) is 0 Å². The van der Waals surface area contributed by atoms with Crippen molar-refractivity contribution < 1.29 is 28.3 Å². The van der Waals surface area contributed by atoms with E-state index in [1.807, 2.05) is 0 Å². The summed E-state index contributed by atoms with van der Waals surface area (Å²) in [4.78, 5) is 55.4. The molecule has 0 saturated carbocycles. The predicted molar refractivity (Wildman–Crippen MR) is 170 cm³/mol. The first kappa shape index (κ1) is 32.1. The van der Waals surface area contributed by atoms with E-state index in [1.54, 1.807) is 73.8 Å². The molecule has 1 aromatic heterocycles. The fraction of sp³-hybridized carbons (Fsp3) is 0.156. The number of benzene rings is 3. The number of hydrogen-bond acceptors (Lipinski definition) is 8. The van der Waals surface area contributed by atoms with Gasteiger partial charge in [0.1, 0.15) is 11.5 Å². The standard InChI is InChI=1S/C32H29FN4O5S2/c1-3-42-28(38)18-25-19-43-32(35-25)37-29(39)20(2)44-26-15-13-24(14-16-26)34-31(41)27(17-21-9-11-23(33)12-10-21)36-30(40)22-7-5-4-6-8-22/h4-17,19-20H,3,18H2,1-2H3,(H,34,41)(H,36,40)(H,35,37,39)/b27-17-. The summed E-state index contributed by atoms with van der Waals surface area (Å²) < 4.78 is 18.3. The minimum atomic E-state index is -0.572. The van der Waals surface area contributed by atoms with Crippen LogP contribution in [0.15, 0.2) is 94.8 Å². The van der Waals surface area contributed by atoms with Crippen LogP contribution >= 0.6 is 23.1 Å². The molecular weight excluding hydrogens is 604 g/mol. The molecule has 4 aromatic rings. The van der Waals surface area contributed by atoms with Gasteiger partial charge in [-0.25, -0.2) is 9.37 Å². The van der Waals surface area contributed by atoms with E-state index >= 15 is 0 Å². The van der Waals surface area contributed by atoms with E-state index in [9.17, 15) is 23.6 Å². The Kier molecular flexibility index (Phi) is 11.4. The third-order valence-electron chi connectivity index (χ3n) is 5.92. The van der Waals surface area contributed by atoms with Crippen LogP contribution in [0.1, 0.15) is 35.5 Å². The number of hydrogen-bond donors (Lipinski definition) is 3. The zero-order valence-electron chi connectivity index (χ0n) is 23.8. The highest BCUT2D eigenvalue weighted by atomic mass is 32.2. The Hall–Kier alpha value is -4.81. The van der Waals surface area contributed by atoms with Gasteiger partial charge in [-0.1, -0.05) is 30.3 Å². The lowest BCUT2D eigenvalue weighted by molar-refractivity contribution is -0.142. The molecule has 0 fully saturated rings. The molecule has 226 valence electrons. The number of aromatic nitrogens is 1. The van der Waals surface area contributed by atoms with Gasteiger partial charge in [0, 0.05) is 21.5 Å². The van der Waals surface area contributed by atoms with Crippen molar-refractivity contribution in [3.8, 4) is 0 Å². The summed E-state index contributed by atoms with van der Waals surface area (Å²) in [5, 5.41) is 9.80. The summed E-state index contributed by atoms with van der Waals surface area (Å²) in [6, 6.07) is 20.9. The number of esters is 1. The van der Waals surface area contributed by atoms with Crippen LogP contribution in [-0.4, -0.2) is 40.5 Å². The molecule has 1 unspecified atom stereocenters. The Morgan fingerprint density at radius 2 is 1.68 bits per heavy atom. The number of thiazole rings is 1. The van der Waals surface area contributed by atoms with E-state index in [-0.39, 0.29) is 30.6 Å². The lowest BCUT2D eigenvalue weighted by atomic mass is 10.1. The third-order valence-corrected chi connectivity index (χ3v) is 7.84. The first-order chi connectivity index (χ1) is 21.2. The van der Waals surface area contributed by atoms with Crippen molar-refractivity contribution in [2.75, 3.05) is 17.2 Å². The zero-order chi connectivity index (χ0) is 31.5. The Morgan fingerprint density at radius 3 is 2.36 bits per heavy atom. The van der Waals surface area contributed by atoms with Crippen molar-refractivity contribution in [2.45, 2.75) is 30.4 Å². The van der Waals surface area contributed by atoms with Crippen molar-refractivity contribution in [3.05, 3.63) is 113 Å². The van der Waals surface area contributed by atoms with Gasteiger partial charge in [-0.2, -0.15) is 0 Å². The van der Waals surface area contributed by atoms with E-state index in [1.165, 1.54) is 53.4 Å². The highest BCUT2D eigenvalue weighted by Crippen LogP contribution is 2.26. The van der Waals surface area contributed by atoms with Crippen LogP contribution in [0, 0.1) is 5.82 Å². The molecule has 0 spiro atoms. The number of carbonyl (C=O) groups excluding carboxylic acids is 4. The van der Waals surface area contributed by atoms with Gasteiger partial charge < -0.3 is 20.7 Å². The van der Waals surface area contributed by atoms with Gasteiger partial charge in [0.25, 0.3) is 11.8 Å². The number of nitrogens with one attached hydrogen (secondary N) is 3. The molecule has 44 heavy (non-hydrogen) atoms. The van der Waals surface area contributed by atoms with Crippen molar-refractivity contribution in [3.63, 3.8) is 0 Å². The number of thioether (sulfide) groups is 1. The smallest absolute Gasteiger partial charge is 0.311 e. The first-order valence-corrected chi connectivity index (χ1v) is 15.3. The maximum Gasteiger partial charge on any atom is 0.311 e. The van der Waals surface area contributed by atoms with Crippen LogP contribution in [0.5, 0.6) is 0 Å². The summed E-state index contributed by atoms with van der Waals surface area (Å²) >= 11 is 2.54. The molecule has 0 aliphatic heterocycles. The molecule has 4 rings (SSSR count). The molecule has 1 heterocycles. The van der Waals surface area contributed by atoms with Crippen LogP contribution < -0.4 is 16.0 Å². The lowest BCUT2D eigenvalue weighted by Gasteiger charge is -2.13. The van der Waals surface area contributed by atoms with Gasteiger partial charge in [-0.05, 0) is 74.0 Å². The Balaban J connectivity index is 1.37. The van der Waals surface area contributed by atoms with Crippen LogP contribution in [0.2, 0.25) is 0 Å². The maximum absolute atomic E-state index is 13.4. The van der Waals surface area contributed by atoms with E-state index in [0.29, 0.717) is 27.6 Å². The minimum Gasteiger partial charge on any atom is -0.466 e. The number of halogens is 1. The quantitative estimate of drug-likeness (QED) is 0.101. The molecule has 0 aliphatic carbocycles. The summed E-state index contributed by atoms with van der Waals surface area (Å²) in [5.74, 6) is -2.10. The van der Waals surface area contributed by atoms with Crippen LogP contribution in [0.3, 0.4) is 0 Å². The Morgan fingerprint density at radius 1 is 0.977 bits per heavy atom. The van der Waals surface area contributed by atoms with Crippen LogP contribution in [0.25, 0.3) is 6.08 Å². The first-order valence-electron chi connectivity index (χ1n) is 13.5. The van der Waals surface area contributed by atoms with Crippen LogP contribution in [-0.2, 0) is 25.5 Å². The molecule has 0 aliphatic rings.